The van der Waals surface area contributed by atoms with Crippen LogP contribution in [0.1, 0.15) is 24.3 Å². The topological polar surface area (TPSA) is 41.5 Å². The molecule has 1 atom stereocenters. The molecule has 17 heavy (non-hydrogen) atoms. The van der Waals surface area contributed by atoms with E-state index in [2.05, 4.69) is 17.4 Å². The summed E-state index contributed by atoms with van der Waals surface area (Å²) >= 11 is 0. The van der Waals surface area contributed by atoms with Gasteiger partial charge in [-0.3, -0.25) is 0 Å². The normalized spacial score (nSPS) is 30.5. The van der Waals surface area contributed by atoms with E-state index in [0.29, 0.717) is 11.8 Å². The first-order valence-electron chi connectivity index (χ1n) is 6.43. The van der Waals surface area contributed by atoms with Gasteiger partial charge in [0.2, 0.25) is 0 Å². The summed E-state index contributed by atoms with van der Waals surface area (Å²) in [6.07, 6.45) is 1.88. The van der Waals surface area contributed by atoms with E-state index in [4.69, 9.17) is 4.74 Å². The second-order valence-corrected chi connectivity index (χ2v) is 5.20. The van der Waals surface area contributed by atoms with Gasteiger partial charge in [0.1, 0.15) is 5.75 Å². The number of rotatable bonds is 4. The van der Waals surface area contributed by atoms with Crippen molar-refractivity contribution in [1.82, 2.24) is 5.32 Å². The number of fused-ring (bicyclic) bond motifs is 1. The molecule has 0 aromatic heterocycles. The Morgan fingerprint density at radius 1 is 1.24 bits per heavy atom. The molecule has 0 radical (unpaired) electrons. The summed E-state index contributed by atoms with van der Waals surface area (Å²) in [4.78, 5) is 0. The lowest BCUT2D eigenvalue weighted by atomic mass is 9.82. The third-order valence-corrected chi connectivity index (χ3v) is 3.83. The summed E-state index contributed by atoms with van der Waals surface area (Å²) in [7, 11) is 0. The number of benzene rings is 1. The zero-order valence-corrected chi connectivity index (χ0v) is 9.93. The Labute approximate surface area is 102 Å². The van der Waals surface area contributed by atoms with E-state index >= 15 is 0 Å². The Balaban J connectivity index is 1.47. The number of nitrogens with one attached hydrogen (secondary N) is 1. The Bertz CT molecular complexity index is 388. The SMILES string of the molecule is OC1CC(CNCC2COc3ccccc32)C1. The van der Waals surface area contributed by atoms with Crippen LogP contribution in [0.2, 0.25) is 0 Å². The zero-order valence-electron chi connectivity index (χ0n) is 9.93. The minimum atomic E-state index is -0.0441. The lowest BCUT2D eigenvalue weighted by Crippen LogP contribution is -2.37. The average molecular weight is 233 g/mol. The van der Waals surface area contributed by atoms with Crippen LogP contribution in [0.25, 0.3) is 0 Å². The molecule has 1 aromatic carbocycles. The van der Waals surface area contributed by atoms with Gasteiger partial charge in [0, 0.05) is 18.0 Å². The Morgan fingerprint density at radius 3 is 2.88 bits per heavy atom. The molecule has 2 aliphatic rings. The summed E-state index contributed by atoms with van der Waals surface area (Å²) in [5.74, 6) is 2.19. The second kappa shape index (κ2) is 4.67. The molecule has 0 bridgehead atoms. The highest BCUT2D eigenvalue weighted by atomic mass is 16.5. The van der Waals surface area contributed by atoms with Gasteiger partial charge in [-0.2, -0.15) is 0 Å². The first-order chi connectivity index (χ1) is 8.33. The van der Waals surface area contributed by atoms with E-state index in [0.717, 1.165) is 38.3 Å². The van der Waals surface area contributed by atoms with E-state index < -0.39 is 0 Å². The van der Waals surface area contributed by atoms with E-state index in [1.165, 1.54) is 5.56 Å². The van der Waals surface area contributed by atoms with E-state index in [1.807, 2.05) is 12.1 Å². The van der Waals surface area contributed by atoms with Crippen LogP contribution in [0.5, 0.6) is 5.75 Å². The van der Waals surface area contributed by atoms with Gasteiger partial charge in [-0.15, -0.1) is 0 Å². The Kier molecular flexibility index (Phi) is 3.04. The number of ether oxygens (including phenoxy) is 1. The van der Waals surface area contributed by atoms with E-state index in [1.54, 1.807) is 0 Å². The molecule has 3 rings (SSSR count). The van der Waals surface area contributed by atoms with Crippen molar-refractivity contribution in [1.29, 1.82) is 0 Å². The molecular weight excluding hydrogens is 214 g/mol. The van der Waals surface area contributed by atoms with Gasteiger partial charge in [-0.05, 0) is 31.4 Å². The van der Waals surface area contributed by atoms with E-state index in [9.17, 15) is 5.11 Å². The molecule has 1 aromatic rings. The minimum absolute atomic E-state index is 0.0441. The third-order valence-electron chi connectivity index (χ3n) is 3.83. The number of para-hydroxylation sites is 1. The first-order valence-corrected chi connectivity index (χ1v) is 6.43. The summed E-state index contributed by atoms with van der Waals surface area (Å²) in [6.45, 7) is 2.79. The smallest absolute Gasteiger partial charge is 0.122 e. The van der Waals surface area contributed by atoms with Crippen LogP contribution in [0.4, 0.5) is 0 Å². The van der Waals surface area contributed by atoms with Crippen LogP contribution in [0.3, 0.4) is 0 Å². The predicted molar refractivity (Wildman–Crippen MR) is 66.3 cm³/mol. The highest BCUT2D eigenvalue weighted by Crippen LogP contribution is 2.33. The van der Waals surface area contributed by atoms with Crippen molar-refractivity contribution in [3.63, 3.8) is 0 Å². The highest BCUT2D eigenvalue weighted by Gasteiger charge is 2.28. The maximum Gasteiger partial charge on any atom is 0.122 e. The second-order valence-electron chi connectivity index (χ2n) is 5.20. The monoisotopic (exact) mass is 233 g/mol. The molecule has 1 unspecified atom stereocenters. The van der Waals surface area contributed by atoms with Crippen LogP contribution < -0.4 is 10.1 Å². The Morgan fingerprint density at radius 2 is 2.06 bits per heavy atom. The van der Waals surface area contributed by atoms with Crippen molar-refractivity contribution in [3.05, 3.63) is 29.8 Å². The molecule has 1 fully saturated rings. The largest absolute Gasteiger partial charge is 0.493 e. The zero-order chi connectivity index (χ0) is 11.7. The molecular formula is C14H19NO2. The van der Waals surface area contributed by atoms with Crippen molar-refractivity contribution in [2.24, 2.45) is 5.92 Å². The fourth-order valence-corrected chi connectivity index (χ4v) is 2.73. The van der Waals surface area contributed by atoms with Crippen molar-refractivity contribution < 1.29 is 9.84 Å². The molecule has 1 heterocycles. The maximum atomic E-state index is 9.21. The number of aliphatic hydroxyl groups is 1. The van der Waals surface area contributed by atoms with Crippen molar-refractivity contribution >= 4 is 0 Å². The van der Waals surface area contributed by atoms with Crippen molar-refractivity contribution in [3.8, 4) is 5.75 Å². The van der Waals surface area contributed by atoms with Crippen molar-refractivity contribution in [2.75, 3.05) is 19.7 Å². The Hall–Kier alpha value is -1.06. The average Bonchev–Trinajstić information content (AvgIpc) is 2.70. The van der Waals surface area contributed by atoms with Gasteiger partial charge in [0.25, 0.3) is 0 Å². The van der Waals surface area contributed by atoms with Gasteiger partial charge in [0.05, 0.1) is 12.7 Å². The van der Waals surface area contributed by atoms with Crippen LogP contribution >= 0.6 is 0 Å². The highest BCUT2D eigenvalue weighted by molar-refractivity contribution is 5.39. The fraction of sp³-hybridized carbons (Fsp3) is 0.571. The predicted octanol–water partition coefficient (Wildman–Crippen LogP) is 1.52. The van der Waals surface area contributed by atoms with Crippen molar-refractivity contribution in [2.45, 2.75) is 24.9 Å². The molecule has 1 aliphatic carbocycles. The van der Waals surface area contributed by atoms with Gasteiger partial charge in [-0.1, -0.05) is 18.2 Å². The fourth-order valence-electron chi connectivity index (χ4n) is 2.73. The van der Waals surface area contributed by atoms with Crippen LogP contribution in [0, 0.1) is 5.92 Å². The lowest BCUT2D eigenvalue weighted by Gasteiger charge is -2.31. The summed E-state index contributed by atoms with van der Waals surface area (Å²) < 4.78 is 5.65. The molecule has 0 amide bonds. The minimum Gasteiger partial charge on any atom is -0.493 e. The molecule has 1 saturated carbocycles. The van der Waals surface area contributed by atoms with Gasteiger partial charge in [0.15, 0.2) is 0 Å². The first kappa shape index (κ1) is 11.1. The summed E-state index contributed by atoms with van der Waals surface area (Å²) in [5.41, 5.74) is 1.33. The van der Waals surface area contributed by atoms with Gasteiger partial charge < -0.3 is 15.2 Å². The number of aliphatic hydroxyl groups excluding tert-OH is 1. The van der Waals surface area contributed by atoms with Crippen LogP contribution in [-0.2, 0) is 0 Å². The molecule has 1 aliphatic heterocycles. The van der Waals surface area contributed by atoms with Gasteiger partial charge in [-0.25, -0.2) is 0 Å². The molecule has 3 nitrogen and oxygen atoms in total. The quantitative estimate of drug-likeness (QED) is 0.828. The van der Waals surface area contributed by atoms with E-state index in [-0.39, 0.29) is 6.10 Å². The summed E-state index contributed by atoms with van der Waals surface area (Å²) in [6, 6.07) is 8.28. The molecule has 0 saturated heterocycles. The molecule has 3 heteroatoms. The molecule has 92 valence electrons. The lowest BCUT2D eigenvalue weighted by molar-refractivity contribution is 0.0429. The number of hydrogen-bond donors (Lipinski definition) is 2. The summed E-state index contributed by atoms with van der Waals surface area (Å²) in [5, 5.41) is 12.7. The standard InChI is InChI=1S/C14H19NO2/c16-12-5-10(6-12)7-15-8-11-9-17-14-4-2-1-3-13(11)14/h1-4,10-12,15-16H,5-9H2. The molecule has 2 N–H and O–H groups in total. The van der Waals surface area contributed by atoms with Crippen LogP contribution in [0.15, 0.2) is 24.3 Å². The third kappa shape index (κ3) is 2.31. The number of hydrogen-bond acceptors (Lipinski definition) is 3. The molecule has 0 spiro atoms. The van der Waals surface area contributed by atoms with Gasteiger partial charge >= 0.3 is 0 Å². The maximum absolute atomic E-state index is 9.21. The van der Waals surface area contributed by atoms with Crippen LogP contribution in [-0.4, -0.2) is 30.9 Å².